The van der Waals surface area contributed by atoms with Crippen LogP contribution in [0.15, 0.2) is 0 Å². The lowest BCUT2D eigenvalue weighted by molar-refractivity contribution is -0.131. The summed E-state index contributed by atoms with van der Waals surface area (Å²) in [4.78, 5) is 11.8. The van der Waals surface area contributed by atoms with Gasteiger partial charge in [-0.3, -0.25) is 4.79 Å². The predicted octanol–water partition coefficient (Wildman–Crippen LogP) is 1.10. The first-order valence-electron chi connectivity index (χ1n) is 6.10. The van der Waals surface area contributed by atoms with Gasteiger partial charge in [0.1, 0.15) is 6.10 Å². The van der Waals surface area contributed by atoms with E-state index in [2.05, 4.69) is 12.2 Å². The first-order chi connectivity index (χ1) is 7.65. The molecule has 2 rings (SSSR count). The van der Waals surface area contributed by atoms with Crippen molar-refractivity contribution in [3.8, 4) is 0 Å². The van der Waals surface area contributed by atoms with E-state index < -0.39 is 0 Å². The minimum Gasteiger partial charge on any atom is -0.376 e. The second-order valence-corrected chi connectivity index (χ2v) is 5.01. The molecule has 0 aromatic carbocycles. The molecule has 0 spiro atoms. The Bertz CT molecular complexity index is 259. The Balaban J connectivity index is 1.78. The van der Waals surface area contributed by atoms with Crippen molar-refractivity contribution in [1.82, 2.24) is 5.32 Å². The van der Waals surface area contributed by atoms with Crippen LogP contribution >= 0.6 is 0 Å². The van der Waals surface area contributed by atoms with E-state index in [0.29, 0.717) is 19.1 Å². The van der Waals surface area contributed by atoms with E-state index in [1.165, 1.54) is 12.8 Å². The lowest BCUT2D eigenvalue weighted by Gasteiger charge is -2.28. The van der Waals surface area contributed by atoms with Crippen molar-refractivity contribution >= 4 is 5.91 Å². The molecule has 0 unspecified atom stereocenters. The van der Waals surface area contributed by atoms with E-state index in [-0.39, 0.29) is 17.6 Å². The molecular formula is C12H21NO3. The molecule has 1 aliphatic carbocycles. The molecule has 4 heteroatoms. The standard InChI is InChI=1S/C12H21NO3/c1-12(15-2,9-5-6-9)8-13-11(14)10-4-3-7-16-10/h9-10H,3-8H2,1-2H3,(H,13,14)/t10-,12+/m1/s1. The normalized spacial score (nSPS) is 28.8. The maximum absolute atomic E-state index is 11.8. The molecule has 2 aliphatic rings. The largest absolute Gasteiger partial charge is 0.376 e. The number of hydrogen-bond acceptors (Lipinski definition) is 3. The van der Waals surface area contributed by atoms with Crippen molar-refractivity contribution in [1.29, 1.82) is 0 Å². The van der Waals surface area contributed by atoms with Crippen LogP contribution in [0.2, 0.25) is 0 Å². The lowest BCUT2D eigenvalue weighted by atomic mass is 10.00. The number of rotatable bonds is 5. The summed E-state index contributed by atoms with van der Waals surface area (Å²) in [6.45, 7) is 3.37. The monoisotopic (exact) mass is 227 g/mol. The summed E-state index contributed by atoms with van der Waals surface area (Å²) < 4.78 is 10.9. The lowest BCUT2D eigenvalue weighted by Crippen LogP contribution is -2.46. The minimum absolute atomic E-state index is 0.0152. The van der Waals surface area contributed by atoms with Crippen LogP contribution in [0.25, 0.3) is 0 Å². The van der Waals surface area contributed by atoms with E-state index in [1.807, 2.05) is 0 Å². The summed E-state index contributed by atoms with van der Waals surface area (Å²) in [5.41, 5.74) is -0.200. The predicted molar refractivity (Wildman–Crippen MR) is 60.1 cm³/mol. The van der Waals surface area contributed by atoms with Crippen LogP contribution in [0, 0.1) is 5.92 Å². The molecule has 1 aliphatic heterocycles. The van der Waals surface area contributed by atoms with E-state index in [1.54, 1.807) is 7.11 Å². The van der Waals surface area contributed by atoms with Crippen LogP contribution in [0.1, 0.15) is 32.6 Å². The first kappa shape index (κ1) is 11.9. The van der Waals surface area contributed by atoms with Gasteiger partial charge in [0.25, 0.3) is 0 Å². The smallest absolute Gasteiger partial charge is 0.249 e. The number of methoxy groups -OCH3 is 1. The van der Waals surface area contributed by atoms with Crippen molar-refractivity contribution in [2.75, 3.05) is 20.3 Å². The maximum atomic E-state index is 11.8. The van der Waals surface area contributed by atoms with Crippen molar-refractivity contribution < 1.29 is 14.3 Å². The molecule has 1 heterocycles. The zero-order valence-electron chi connectivity index (χ0n) is 10.1. The van der Waals surface area contributed by atoms with Gasteiger partial charge in [-0.25, -0.2) is 0 Å². The summed E-state index contributed by atoms with van der Waals surface area (Å²) in [6, 6.07) is 0. The molecule has 2 atom stereocenters. The number of ether oxygens (including phenoxy) is 2. The van der Waals surface area contributed by atoms with Gasteiger partial charge < -0.3 is 14.8 Å². The van der Waals surface area contributed by atoms with Gasteiger partial charge in [0.05, 0.1) is 5.60 Å². The Morgan fingerprint density at radius 2 is 2.25 bits per heavy atom. The Kier molecular flexibility index (Phi) is 3.50. The highest BCUT2D eigenvalue weighted by atomic mass is 16.5. The molecule has 1 amide bonds. The fraction of sp³-hybridized carbons (Fsp3) is 0.917. The van der Waals surface area contributed by atoms with Gasteiger partial charge in [-0.1, -0.05) is 0 Å². The second kappa shape index (κ2) is 4.72. The average molecular weight is 227 g/mol. The van der Waals surface area contributed by atoms with Crippen LogP contribution in [-0.2, 0) is 14.3 Å². The molecule has 4 nitrogen and oxygen atoms in total. The van der Waals surface area contributed by atoms with Crippen molar-refractivity contribution in [3.63, 3.8) is 0 Å². The van der Waals surface area contributed by atoms with Crippen LogP contribution in [-0.4, -0.2) is 37.9 Å². The van der Waals surface area contributed by atoms with Gasteiger partial charge in [0, 0.05) is 20.3 Å². The maximum Gasteiger partial charge on any atom is 0.249 e. The molecule has 16 heavy (non-hydrogen) atoms. The van der Waals surface area contributed by atoms with Crippen LogP contribution in [0.4, 0.5) is 0 Å². The third kappa shape index (κ3) is 2.55. The Labute approximate surface area is 96.7 Å². The number of nitrogens with one attached hydrogen (secondary N) is 1. The van der Waals surface area contributed by atoms with Crippen molar-refractivity contribution in [3.05, 3.63) is 0 Å². The topological polar surface area (TPSA) is 47.6 Å². The zero-order valence-corrected chi connectivity index (χ0v) is 10.1. The number of carbonyl (C=O) groups excluding carboxylic acids is 1. The van der Waals surface area contributed by atoms with Gasteiger partial charge in [0.2, 0.25) is 5.91 Å². The van der Waals surface area contributed by atoms with Gasteiger partial charge in [-0.05, 0) is 38.5 Å². The van der Waals surface area contributed by atoms with Gasteiger partial charge >= 0.3 is 0 Å². The molecule has 1 N–H and O–H groups in total. The zero-order chi connectivity index (χ0) is 11.6. The molecule has 92 valence electrons. The van der Waals surface area contributed by atoms with Crippen LogP contribution in [0.3, 0.4) is 0 Å². The van der Waals surface area contributed by atoms with Gasteiger partial charge in [-0.15, -0.1) is 0 Å². The first-order valence-corrected chi connectivity index (χ1v) is 6.10. The summed E-state index contributed by atoms with van der Waals surface area (Å²) in [7, 11) is 1.72. The Hall–Kier alpha value is -0.610. The molecule has 1 saturated carbocycles. The van der Waals surface area contributed by atoms with E-state index in [0.717, 1.165) is 12.8 Å². The number of carbonyl (C=O) groups is 1. The molecule has 0 aromatic heterocycles. The highest BCUT2D eigenvalue weighted by molar-refractivity contribution is 5.81. The average Bonchev–Trinajstić information content (AvgIpc) is 3.02. The Morgan fingerprint density at radius 1 is 1.50 bits per heavy atom. The van der Waals surface area contributed by atoms with Crippen LogP contribution < -0.4 is 5.32 Å². The number of hydrogen-bond donors (Lipinski definition) is 1. The summed E-state index contributed by atoms with van der Waals surface area (Å²) >= 11 is 0. The van der Waals surface area contributed by atoms with Crippen molar-refractivity contribution in [2.24, 2.45) is 5.92 Å². The molecule has 2 fully saturated rings. The fourth-order valence-electron chi connectivity index (χ4n) is 2.24. The highest BCUT2D eigenvalue weighted by Crippen LogP contribution is 2.41. The quantitative estimate of drug-likeness (QED) is 0.765. The third-order valence-electron chi connectivity index (χ3n) is 3.74. The second-order valence-electron chi connectivity index (χ2n) is 5.01. The van der Waals surface area contributed by atoms with E-state index in [9.17, 15) is 4.79 Å². The molecular weight excluding hydrogens is 206 g/mol. The SMILES string of the molecule is CO[C@@](C)(CNC(=O)[C@H]1CCCO1)C1CC1. The minimum atomic E-state index is -0.236. The van der Waals surface area contributed by atoms with Crippen molar-refractivity contribution in [2.45, 2.75) is 44.3 Å². The summed E-state index contributed by atoms with van der Waals surface area (Å²) in [6.07, 6.45) is 4.02. The molecule has 0 bridgehead atoms. The summed E-state index contributed by atoms with van der Waals surface area (Å²) in [5.74, 6) is 0.615. The van der Waals surface area contributed by atoms with Crippen LogP contribution in [0.5, 0.6) is 0 Å². The van der Waals surface area contributed by atoms with E-state index in [4.69, 9.17) is 9.47 Å². The van der Waals surface area contributed by atoms with E-state index >= 15 is 0 Å². The number of amides is 1. The summed E-state index contributed by atoms with van der Waals surface area (Å²) in [5, 5.41) is 2.95. The Morgan fingerprint density at radius 3 is 2.75 bits per heavy atom. The third-order valence-corrected chi connectivity index (χ3v) is 3.74. The molecule has 0 aromatic rings. The highest BCUT2D eigenvalue weighted by Gasteiger charge is 2.42. The fourth-order valence-corrected chi connectivity index (χ4v) is 2.24. The molecule has 1 saturated heterocycles. The van der Waals surface area contributed by atoms with Gasteiger partial charge in [0.15, 0.2) is 0 Å². The molecule has 0 radical (unpaired) electrons. The van der Waals surface area contributed by atoms with Gasteiger partial charge in [-0.2, -0.15) is 0 Å².